The van der Waals surface area contributed by atoms with E-state index in [-0.39, 0.29) is 5.91 Å². The first-order valence-corrected chi connectivity index (χ1v) is 8.10. The van der Waals surface area contributed by atoms with E-state index in [4.69, 9.17) is 11.6 Å². The number of benzene rings is 1. The van der Waals surface area contributed by atoms with Crippen LogP contribution in [-0.2, 0) is 0 Å². The van der Waals surface area contributed by atoms with Gasteiger partial charge in [-0.1, -0.05) is 23.7 Å². The number of carbonyl (C=O) groups is 1. The Hall–Kier alpha value is -1.85. The highest BCUT2D eigenvalue weighted by molar-refractivity contribution is 6.32. The van der Waals surface area contributed by atoms with Gasteiger partial charge in [-0.3, -0.25) is 4.79 Å². The van der Waals surface area contributed by atoms with E-state index in [0.717, 1.165) is 24.2 Å². The van der Waals surface area contributed by atoms with Gasteiger partial charge in [0, 0.05) is 19.3 Å². The fourth-order valence-corrected chi connectivity index (χ4v) is 2.85. The van der Waals surface area contributed by atoms with Gasteiger partial charge in [0.1, 0.15) is 0 Å². The number of nitrogens with zero attached hydrogens (tertiary/aromatic N) is 3. The molecule has 0 radical (unpaired) electrons. The minimum absolute atomic E-state index is 0.196. The third kappa shape index (κ3) is 3.41. The third-order valence-corrected chi connectivity index (χ3v) is 4.48. The Balaban J connectivity index is 1.79. The molecule has 1 aliphatic carbocycles. The highest BCUT2D eigenvalue weighted by atomic mass is 35.5. The summed E-state index contributed by atoms with van der Waals surface area (Å²) in [6.45, 7) is 2.22. The van der Waals surface area contributed by atoms with Crippen LogP contribution in [-0.4, -0.2) is 45.4 Å². The van der Waals surface area contributed by atoms with Crippen molar-refractivity contribution in [2.45, 2.75) is 25.9 Å². The van der Waals surface area contributed by atoms with Crippen LogP contribution in [0.2, 0.25) is 5.02 Å². The Kier molecular flexibility index (Phi) is 4.41. The molecule has 0 aliphatic heterocycles. The molecule has 5 nitrogen and oxygen atoms in total. The maximum absolute atomic E-state index is 12.5. The average Bonchev–Trinajstić information content (AvgIpc) is 3.30. The maximum Gasteiger partial charge on any atom is 0.274 e. The number of carbonyl (C=O) groups excluding carboxylic acids is 1. The number of para-hydroxylation sites is 1. The molecule has 1 unspecified atom stereocenters. The van der Waals surface area contributed by atoms with Gasteiger partial charge in [-0.15, -0.1) is 0 Å². The van der Waals surface area contributed by atoms with Crippen LogP contribution in [0.1, 0.15) is 29.0 Å². The zero-order valence-electron chi connectivity index (χ0n) is 13.2. The zero-order valence-corrected chi connectivity index (χ0v) is 14.0. The molecule has 0 bridgehead atoms. The third-order valence-electron chi connectivity index (χ3n) is 4.16. The summed E-state index contributed by atoms with van der Waals surface area (Å²) in [5.74, 6) is 0.145. The van der Waals surface area contributed by atoms with E-state index >= 15 is 0 Å². The quantitative estimate of drug-likeness (QED) is 0.915. The Morgan fingerprint density at radius 1 is 1.48 bits per heavy atom. The van der Waals surface area contributed by atoms with Crippen LogP contribution in [0, 0.1) is 12.8 Å². The van der Waals surface area contributed by atoms with Gasteiger partial charge in [-0.05, 0) is 43.9 Å². The lowest BCUT2D eigenvalue weighted by molar-refractivity contribution is 0.0640. The summed E-state index contributed by atoms with van der Waals surface area (Å²) in [4.78, 5) is 14.0. The molecule has 1 aromatic carbocycles. The average molecular weight is 334 g/mol. The fraction of sp³-hybridized carbons (Fsp3) is 0.412. The van der Waals surface area contributed by atoms with E-state index in [0.29, 0.717) is 23.2 Å². The minimum atomic E-state index is -0.448. The summed E-state index contributed by atoms with van der Waals surface area (Å²) in [5, 5.41) is 15.0. The molecule has 1 saturated carbocycles. The Morgan fingerprint density at radius 2 is 2.17 bits per heavy atom. The van der Waals surface area contributed by atoms with E-state index in [1.165, 1.54) is 4.90 Å². The predicted molar refractivity (Wildman–Crippen MR) is 89.0 cm³/mol. The number of rotatable bonds is 5. The first-order chi connectivity index (χ1) is 11.0. The molecule has 3 rings (SSSR count). The number of halogens is 1. The van der Waals surface area contributed by atoms with Gasteiger partial charge in [0.25, 0.3) is 5.91 Å². The van der Waals surface area contributed by atoms with Crippen LogP contribution in [0.4, 0.5) is 0 Å². The molecule has 1 N–H and O–H groups in total. The second-order valence-electron chi connectivity index (χ2n) is 6.12. The Labute approximate surface area is 140 Å². The topological polar surface area (TPSA) is 58.4 Å². The normalized spacial score (nSPS) is 15.5. The van der Waals surface area contributed by atoms with Gasteiger partial charge in [0.15, 0.2) is 5.69 Å². The SMILES string of the molecule is Cc1cc(C(=O)N(C)CC(O)C2CC2)nn1-c1ccccc1Cl. The van der Waals surface area contributed by atoms with Crippen LogP contribution in [0.5, 0.6) is 0 Å². The predicted octanol–water partition coefficient (Wildman–Crippen LogP) is 2.68. The molecule has 2 aromatic rings. The van der Waals surface area contributed by atoms with Gasteiger partial charge in [-0.25, -0.2) is 4.68 Å². The van der Waals surface area contributed by atoms with Crippen LogP contribution < -0.4 is 0 Å². The first kappa shape index (κ1) is 16.0. The van der Waals surface area contributed by atoms with Crippen molar-refractivity contribution in [3.05, 3.63) is 46.7 Å². The van der Waals surface area contributed by atoms with Crippen LogP contribution in [0.25, 0.3) is 5.69 Å². The molecular weight excluding hydrogens is 314 g/mol. The molecule has 1 aromatic heterocycles. The van der Waals surface area contributed by atoms with Gasteiger partial charge >= 0.3 is 0 Å². The molecule has 1 heterocycles. The maximum atomic E-state index is 12.5. The van der Waals surface area contributed by atoms with E-state index in [2.05, 4.69) is 5.10 Å². The number of likely N-dealkylation sites (N-methyl/N-ethyl adjacent to an activating group) is 1. The standard InChI is InChI=1S/C17H20ClN3O2/c1-11-9-14(17(23)20(2)10-16(22)12-7-8-12)19-21(11)15-6-4-3-5-13(15)18/h3-6,9,12,16,22H,7-8,10H2,1-2H3. The van der Waals surface area contributed by atoms with Crippen LogP contribution in [0.3, 0.4) is 0 Å². The number of aryl methyl sites for hydroxylation is 1. The summed E-state index contributed by atoms with van der Waals surface area (Å²) < 4.78 is 1.67. The summed E-state index contributed by atoms with van der Waals surface area (Å²) >= 11 is 6.20. The second kappa shape index (κ2) is 6.34. The summed E-state index contributed by atoms with van der Waals surface area (Å²) in [5.41, 5.74) is 1.93. The zero-order chi connectivity index (χ0) is 16.6. The lowest BCUT2D eigenvalue weighted by Gasteiger charge is -2.19. The van der Waals surface area contributed by atoms with E-state index in [9.17, 15) is 9.90 Å². The van der Waals surface area contributed by atoms with Crippen LogP contribution >= 0.6 is 11.6 Å². The van der Waals surface area contributed by atoms with Crippen molar-refractivity contribution in [2.75, 3.05) is 13.6 Å². The summed E-state index contributed by atoms with van der Waals surface area (Å²) in [7, 11) is 1.69. The highest BCUT2D eigenvalue weighted by Crippen LogP contribution is 2.32. The van der Waals surface area contributed by atoms with Crippen LogP contribution in [0.15, 0.2) is 30.3 Å². The second-order valence-corrected chi connectivity index (χ2v) is 6.53. The molecule has 1 amide bonds. The number of aromatic nitrogens is 2. The van der Waals surface area contributed by atoms with Crippen molar-refractivity contribution in [2.24, 2.45) is 5.92 Å². The smallest absolute Gasteiger partial charge is 0.274 e. The number of hydrogen-bond acceptors (Lipinski definition) is 3. The molecule has 1 atom stereocenters. The largest absolute Gasteiger partial charge is 0.391 e. The van der Waals surface area contributed by atoms with Crippen molar-refractivity contribution in [1.29, 1.82) is 0 Å². The Morgan fingerprint density at radius 3 is 2.83 bits per heavy atom. The van der Waals surface area contributed by atoms with Gasteiger partial charge in [0.05, 0.1) is 16.8 Å². The molecule has 6 heteroatoms. The molecular formula is C17H20ClN3O2. The van der Waals surface area contributed by atoms with E-state index in [1.807, 2.05) is 25.1 Å². The molecule has 1 fully saturated rings. The number of amides is 1. The van der Waals surface area contributed by atoms with E-state index in [1.54, 1.807) is 23.9 Å². The summed E-state index contributed by atoms with van der Waals surface area (Å²) in [6, 6.07) is 9.12. The lowest BCUT2D eigenvalue weighted by atomic mass is 10.2. The molecule has 1 aliphatic rings. The van der Waals surface area contributed by atoms with Crippen molar-refractivity contribution in [3.63, 3.8) is 0 Å². The van der Waals surface area contributed by atoms with Crippen molar-refractivity contribution in [3.8, 4) is 5.69 Å². The highest BCUT2D eigenvalue weighted by Gasteiger charge is 2.31. The molecule has 0 spiro atoms. The van der Waals surface area contributed by atoms with Crippen molar-refractivity contribution in [1.82, 2.24) is 14.7 Å². The fourth-order valence-electron chi connectivity index (χ4n) is 2.64. The number of aliphatic hydroxyl groups is 1. The monoisotopic (exact) mass is 333 g/mol. The molecule has 23 heavy (non-hydrogen) atoms. The van der Waals surface area contributed by atoms with Crippen molar-refractivity contribution >= 4 is 17.5 Å². The van der Waals surface area contributed by atoms with E-state index < -0.39 is 6.10 Å². The first-order valence-electron chi connectivity index (χ1n) is 7.72. The minimum Gasteiger partial charge on any atom is -0.391 e. The number of aliphatic hydroxyl groups excluding tert-OH is 1. The van der Waals surface area contributed by atoms with Gasteiger partial charge in [0.2, 0.25) is 0 Å². The van der Waals surface area contributed by atoms with Crippen molar-refractivity contribution < 1.29 is 9.90 Å². The lowest BCUT2D eigenvalue weighted by Crippen LogP contribution is -2.35. The number of hydrogen-bond donors (Lipinski definition) is 1. The van der Waals surface area contributed by atoms with Gasteiger partial charge < -0.3 is 10.0 Å². The Bertz CT molecular complexity index is 724. The van der Waals surface area contributed by atoms with Gasteiger partial charge in [-0.2, -0.15) is 5.10 Å². The molecule has 122 valence electrons. The molecule has 0 saturated heterocycles. The summed E-state index contributed by atoms with van der Waals surface area (Å²) in [6.07, 6.45) is 1.64.